The molecule has 0 bridgehead atoms. The second kappa shape index (κ2) is 5.16. The Balaban J connectivity index is 2.78. The van der Waals surface area contributed by atoms with Crippen LogP contribution in [0.1, 0.15) is 37.4 Å². The zero-order chi connectivity index (χ0) is 10.6. The third-order valence-electron chi connectivity index (χ3n) is 2.88. The fraction of sp³-hybridized carbons (Fsp3) is 0.538. The molecule has 78 valence electrons. The van der Waals surface area contributed by atoms with E-state index in [9.17, 15) is 0 Å². The van der Waals surface area contributed by atoms with E-state index in [1.54, 1.807) is 0 Å². The van der Waals surface area contributed by atoms with E-state index in [4.69, 9.17) is 0 Å². The Morgan fingerprint density at radius 2 is 1.93 bits per heavy atom. The van der Waals surface area contributed by atoms with Gasteiger partial charge >= 0.3 is 0 Å². The van der Waals surface area contributed by atoms with Crippen molar-refractivity contribution in [3.05, 3.63) is 35.4 Å². The van der Waals surface area contributed by atoms with Crippen LogP contribution in [0.4, 0.5) is 0 Å². The van der Waals surface area contributed by atoms with Crippen molar-refractivity contribution in [2.75, 3.05) is 13.6 Å². The molecule has 0 saturated heterocycles. The lowest BCUT2D eigenvalue weighted by atomic mass is 10.0. The van der Waals surface area contributed by atoms with Crippen LogP contribution >= 0.6 is 0 Å². The largest absolute Gasteiger partial charge is 0.300 e. The van der Waals surface area contributed by atoms with E-state index in [1.165, 1.54) is 17.5 Å². The number of rotatable bonds is 4. The highest BCUT2D eigenvalue weighted by molar-refractivity contribution is 5.28. The molecule has 0 amide bonds. The van der Waals surface area contributed by atoms with Crippen LogP contribution in [0.15, 0.2) is 24.3 Å². The van der Waals surface area contributed by atoms with Crippen LogP contribution in [-0.2, 0) is 0 Å². The van der Waals surface area contributed by atoms with Crippen molar-refractivity contribution in [2.45, 2.75) is 33.2 Å². The third kappa shape index (κ3) is 2.58. The molecule has 0 fully saturated rings. The van der Waals surface area contributed by atoms with Crippen LogP contribution in [0.3, 0.4) is 0 Å². The monoisotopic (exact) mass is 191 g/mol. The van der Waals surface area contributed by atoms with E-state index >= 15 is 0 Å². The van der Waals surface area contributed by atoms with E-state index < -0.39 is 0 Å². The number of hydrogen-bond donors (Lipinski definition) is 0. The molecule has 1 aromatic carbocycles. The topological polar surface area (TPSA) is 3.24 Å². The van der Waals surface area contributed by atoms with Crippen LogP contribution < -0.4 is 0 Å². The molecule has 1 unspecified atom stereocenters. The Morgan fingerprint density at radius 1 is 1.29 bits per heavy atom. The van der Waals surface area contributed by atoms with Gasteiger partial charge in [0.1, 0.15) is 0 Å². The van der Waals surface area contributed by atoms with E-state index in [2.05, 4.69) is 57.0 Å². The Hall–Kier alpha value is -0.820. The summed E-state index contributed by atoms with van der Waals surface area (Å²) in [7, 11) is 2.20. The highest BCUT2D eigenvalue weighted by Gasteiger charge is 2.11. The van der Waals surface area contributed by atoms with Crippen LogP contribution in [0.2, 0.25) is 0 Å². The molecule has 0 aromatic heterocycles. The minimum Gasteiger partial charge on any atom is -0.300 e. The lowest BCUT2D eigenvalue weighted by molar-refractivity contribution is 0.261. The standard InChI is InChI=1S/C13H21N/c1-5-10-14(4)12(3)13-9-7-6-8-11(13)2/h6-9,12H,5,10H2,1-4H3. The fourth-order valence-electron chi connectivity index (χ4n) is 1.84. The molecule has 1 atom stereocenters. The summed E-state index contributed by atoms with van der Waals surface area (Å²) in [5.41, 5.74) is 2.84. The van der Waals surface area contributed by atoms with Gasteiger partial charge < -0.3 is 0 Å². The first-order valence-electron chi connectivity index (χ1n) is 5.42. The highest BCUT2D eigenvalue weighted by Crippen LogP contribution is 2.21. The SMILES string of the molecule is CCCN(C)C(C)c1ccccc1C. The molecular weight excluding hydrogens is 170 g/mol. The smallest absolute Gasteiger partial charge is 0.0319 e. The average molecular weight is 191 g/mol. The van der Waals surface area contributed by atoms with E-state index in [0.29, 0.717) is 6.04 Å². The van der Waals surface area contributed by atoms with Crippen molar-refractivity contribution in [3.8, 4) is 0 Å². The van der Waals surface area contributed by atoms with Gasteiger partial charge in [0.2, 0.25) is 0 Å². The average Bonchev–Trinajstić information content (AvgIpc) is 2.18. The first kappa shape index (κ1) is 11.3. The van der Waals surface area contributed by atoms with Gasteiger partial charge in [-0.2, -0.15) is 0 Å². The number of benzene rings is 1. The molecule has 1 heteroatoms. The summed E-state index contributed by atoms with van der Waals surface area (Å²) in [6, 6.07) is 9.16. The van der Waals surface area contributed by atoms with E-state index in [-0.39, 0.29) is 0 Å². The van der Waals surface area contributed by atoms with Crippen LogP contribution in [0, 0.1) is 6.92 Å². The minimum absolute atomic E-state index is 0.524. The summed E-state index contributed by atoms with van der Waals surface area (Å²) in [6.07, 6.45) is 1.22. The summed E-state index contributed by atoms with van der Waals surface area (Å²) < 4.78 is 0. The summed E-state index contributed by atoms with van der Waals surface area (Å²) in [4.78, 5) is 2.41. The van der Waals surface area contributed by atoms with Crippen molar-refractivity contribution in [2.24, 2.45) is 0 Å². The van der Waals surface area contributed by atoms with Gasteiger partial charge in [0.05, 0.1) is 0 Å². The van der Waals surface area contributed by atoms with Gasteiger partial charge in [0.15, 0.2) is 0 Å². The van der Waals surface area contributed by atoms with Crippen molar-refractivity contribution >= 4 is 0 Å². The zero-order valence-electron chi connectivity index (χ0n) is 9.75. The van der Waals surface area contributed by atoms with Crippen molar-refractivity contribution < 1.29 is 0 Å². The van der Waals surface area contributed by atoms with Crippen molar-refractivity contribution in [3.63, 3.8) is 0 Å². The Morgan fingerprint density at radius 3 is 2.50 bits per heavy atom. The molecule has 0 N–H and O–H groups in total. The summed E-state index contributed by atoms with van der Waals surface area (Å²) in [6.45, 7) is 7.85. The maximum atomic E-state index is 2.41. The highest BCUT2D eigenvalue weighted by atomic mass is 15.1. The second-order valence-corrected chi connectivity index (χ2v) is 4.01. The molecule has 1 rings (SSSR count). The molecular formula is C13H21N. The summed E-state index contributed by atoms with van der Waals surface area (Å²) in [5, 5.41) is 0. The molecule has 0 saturated carbocycles. The molecule has 0 heterocycles. The van der Waals surface area contributed by atoms with Crippen LogP contribution in [0.25, 0.3) is 0 Å². The predicted molar refractivity (Wildman–Crippen MR) is 62.5 cm³/mol. The van der Waals surface area contributed by atoms with Crippen molar-refractivity contribution in [1.29, 1.82) is 0 Å². The van der Waals surface area contributed by atoms with Gasteiger partial charge in [-0.05, 0) is 45.0 Å². The number of hydrogen-bond acceptors (Lipinski definition) is 1. The lowest BCUT2D eigenvalue weighted by Gasteiger charge is -2.25. The molecule has 0 aliphatic carbocycles. The Kier molecular flexibility index (Phi) is 4.15. The third-order valence-corrected chi connectivity index (χ3v) is 2.88. The lowest BCUT2D eigenvalue weighted by Crippen LogP contribution is -2.23. The van der Waals surface area contributed by atoms with Gasteiger partial charge in [0, 0.05) is 6.04 Å². The van der Waals surface area contributed by atoms with E-state index in [1.807, 2.05) is 0 Å². The van der Waals surface area contributed by atoms with Gasteiger partial charge in [-0.25, -0.2) is 0 Å². The molecule has 14 heavy (non-hydrogen) atoms. The first-order valence-corrected chi connectivity index (χ1v) is 5.42. The van der Waals surface area contributed by atoms with Crippen LogP contribution in [-0.4, -0.2) is 18.5 Å². The first-order chi connectivity index (χ1) is 6.66. The van der Waals surface area contributed by atoms with Crippen molar-refractivity contribution in [1.82, 2.24) is 4.90 Å². The van der Waals surface area contributed by atoms with Crippen LogP contribution in [0.5, 0.6) is 0 Å². The quantitative estimate of drug-likeness (QED) is 0.705. The number of nitrogens with zero attached hydrogens (tertiary/aromatic N) is 1. The molecule has 0 aliphatic heterocycles. The maximum Gasteiger partial charge on any atom is 0.0319 e. The van der Waals surface area contributed by atoms with Gasteiger partial charge in [-0.1, -0.05) is 31.2 Å². The molecule has 0 radical (unpaired) electrons. The van der Waals surface area contributed by atoms with E-state index in [0.717, 1.165) is 6.54 Å². The molecule has 1 aromatic rings. The van der Waals surface area contributed by atoms with Gasteiger partial charge in [-0.15, -0.1) is 0 Å². The zero-order valence-corrected chi connectivity index (χ0v) is 9.75. The molecule has 0 aliphatic rings. The Bertz CT molecular complexity index is 280. The number of aryl methyl sites for hydroxylation is 1. The molecule has 0 spiro atoms. The molecule has 1 nitrogen and oxygen atoms in total. The predicted octanol–water partition coefficient (Wildman–Crippen LogP) is 3.40. The van der Waals surface area contributed by atoms with Gasteiger partial charge in [-0.3, -0.25) is 4.90 Å². The van der Waals surface area contributed by atoms with Gasteiger partial charge in [0.25, 0.3) is 0 Å². The second-order valence-electron chi connectivity index (χ2n) is 4.01. The Labute approximate surface area is 87.7 Å². The maximum absolute atomic E-state index is 2.41. The summed E-state index contributed by atoms with van der Waals surface area (Å²) in [5.74, 6) is 0. The summed E-state index contributed by atoms with van der Waals surface area (Å²) >= 11 is 0. The normalized spacial score (nSPS) is 13.2. The minimum atomic E-state index is 0.524. The fourth-order valence-corrected chi connectivity index (χ4v) is 1.84.